The fraction of sp³-hybridized carbons (Fsp3) is 0.167. The summed E-state index contributed by atoms with van der Waals surface area (Å²) in [6.07, 6.45) is 2.16. The Balaban J connectivity index is 1.33. The third-order valence-corrected chi connectivity index (χ3v) is 6.48. The first-order valence-electron chi connectivity index (χ1n) is 10.4. The van der Waals surface area contributed by atoms with Crippen molar-refractivity contribution in [1.29, 1.82) is 0 Å². The van der Waals surface area contributed by atoms with Crippen LogP contribution in [0.1, 0.15) is 50.3 Å². The zero-order chi connectivity index (χ0) is 22.1. The Hall–Kier alpha value is -3.78. The number of hydrogen-bond donors (Lipinski definition) is 2. The number of thiazole rings is 1. The van der Waals surface area contributed by atoms with Crippen molar-refractivity contribution in [1.82, 2.24) is 25.6 Å². The fourth-order valence-corrected chi connectivity index (χ4v) is 4.42. The second kappa shape index (κ2) is 8.39. The zero-order valence-electron chi connectivity index (χ0n) is 17.4. The first kappa shape index (κ1) is 20.1. The molecule has 2 aromatic heterocycles. The molecule has 4 aromatic rings. The maximum absolute atomic E-state index is 12.9. The molecule has 2 amide bonds. The monoisotopic (exact) mass is 443 g/mol. The quantitative estimate of drug-likeness (QED) is 0.451. The number of hydrazine groups is 1. The van der Waals surface area contributed by atoms with E-state index in [2.05, 4.69) is 20.9 Å². The summed E-state index contributed by atoms with van der Waals surface area (Å²) in [4.78, 5) is 30.6. The lowest BCUT2D eigenvalue weighted by atomic mass is 10.2. The highest BCUT2D eigenvalue weighted by Crippen LogP contribution is 2.39. The van der Waals surface area contributed by atoms with Crippen LogP contribution in [-0.2, 0) is 0 Å². The van der Waals surface area contributed by atoms with Gasteiger partial charge in [0.25, 0.3) is 11.8 Å². The van der Waals surface area contributed by atoms with Crippen LogP contribution in [0.25, 0.3) is 16.3 Å². The third-order valence-electron chi connectivity index (χ3n) is 5.27. The van der Waals surface area contributed by atoms with Crippen molar-refractivity contribution in [2.45, 2.75) is 25.7 Å². The third kappa shape index (κ3) is 4.04. The Labute approximate surface area is 189 Å². The Morgan fingerprint density at radius 1 is 0.969 bits per heavy atom. The van der Waals surface area contributed by atoms with Crippen LogP contribution in [0.3, 0.4) is 0 Å². The number of hydrogen-bond acceptors (Lipinski definition) is 5. The Kier molecular flexibility index (Phi) is 5.28. The molecule has 2 aromatic carbocycles. The molecule has 0 bridgehead atoms. The van der Waals surface area contributed by atoms with E-state index in [9.17, 15) is 9.59 Å². The van der Waals surface area contributed by atoms with Crippen LogP contribution in [-0.4, -0.2) is 26.6 Å². The van der Waals surface area contributed by atoms with Gasteiger partial charge in [0, 0.05) is 11.5 Å². The number of aryl methyl sites for hydroxylation is 1. The van der Waals surface area contributed by atoms with E-state index in [0.717, 1.165) is 34.8 Å². The lowest BCUT2D eigenvalue weighted by molar-refractivity contribution is 0.0844. The first-order valence-corrected chi connectivity index (χ1v) is 11.2. The van der Waals surface area contributed by atoms with E-state index in [0.29, 0.717) is 22.2 Å². The number of nitrogens with one attached hydrogen (secondary N) is 2. The van der Waals surface area contributed by atoms with E-state index in [4.69, 9.17) is 0 Å². The van der Waals surface area contributed by atoms with Crippen molar-refractivity contribution in [3.8, 4) is 16.3 Å². The molecular weight excluding hydrogens is 422 g/mol. The van der Waals surface area contributed by atoms with Crippen molar-refractivity contribution in [2.24, 2.45) is 0 Å². The van der Waals surface area contributed by atoms with Gasteiger partial charge in [-0.05, 0) is 38.0 Å². The van der Waals surface area contributed by atoms with Crippen LogP contribution in [0.15, 0.2) is 66.7 Å². The smallest absolute Gasteiger partial charge is 0.266 e. The summed E-state index contributed by atoms with van der Waals surface area (Å²) in [6.45, 7) is 1.78. The molecule has 1 aliphatic carbocycles. The molecule has 0 radical (unpaired) electrons. The molecule has 0 spiro atoms. The number of rotatable bonds is 5. The van der Waals surface area contributed by atoms with Crippen molar-refractivity contribution in [3.63, 3.8) is 0 Å². The molecule has 8 heteroatoms. The SMILES string of the molecule is Cc1nc(-c2ccccc2)sc1C(=O)NNC(=O)c1cc(C2CC2)nn1-c1ccccc1. The van der Waals surface area contributed by atoms with E-state index in [1.165, 1.54) is 11.3 Å². The fourth-order valence-electron chi connectivity index (χ4n) is 3.45. The minimum absolute atomic E-state index is 0.379. The lowest BCUT2D eigenvalue weighted by Crippen LogP contribution is -2.42. The normalized spacial score (nSPS) is 13.0. The first-order chi connectivity index (χ1) is 15.6. The molecular formula is C24H21N5O2S. The van der Waals surface area contributed by atoms with Crippen molar-refractivity contribution >= 4 is 23.2 Å². The van der Waals surface area contributed by atoms with Gasteiger partial charge in [-0.1, -0.05) is 48.5 Å². The molecule has 1 aliphatic rings. The van der Waals surface area contributed by atoms with Gasteiger partial charge in [-0.2, -0.15) is 5.10 Å². The lowest BCUT2D eigenvalue weighted by Gasteiger charge is -2.09. The van der Waals surface area contributed by atoms with Gasteiger partial charge in [-0.15, -0.1) is 11.3 Å². The molecule has 0 saturated heterocycles. The predicted octanol–water partition coefficient (Wildman–Crippen LogP) is 4.26. The number of aromatic nitrogens is 3. The van der Waals surface area contributed by atoms with E-state index in [1.807, 2.05) is 60.7 Å². The zero-order valence-corrected chi connectivity index (χ0v) is 18.2. The molecule has 1 fully saturated rings. The second-order valence-electron chi connectivity index (χ2n) is 7.68. The molecule has 32 heavy (non-hydrogen) atoms. The standard InChI is InChI=1S/C24H21N5O2S/c1-15-21(32-24(25-15)17-8-4-2-5-9-17)23(31)27-26-22(30)20-14-19(16-12-13-16)28-29(20)18-10-6-3-7-11-18/h2-11,14,16H,12-13H2,1H3,(H,26,30)(H,27,31). The van der Waals surface area contributed by atoms with Crippen molar-refractivity contribution in [3.05, 3.63) is 88.7 Å². The Bertz CT molecular complexity index is 1280. The van der Waals surface area contributed by atoms with E-state index < -0.39 is 11.8 Å². The molecule has 0 unspecified atom stereocenters. The minimum atomic E-state index is -0.424. The van der Waals surface area contributed by atoms with Crippen LogP contribution >= 0.6 is 11.3 Å². The number of carbonyl (C=O) groups excluding carboxylic acids is 2. The Morgan fingerprint density at radius 3 is 2.31 bits per heavy atom. The minimum Gasteiger partial charge on any atom is -0.266 e. The van der Waals surface area contributed by atoms with Gasteiger partial charge in [0.1, 0.15) is 15.6 Å². The van der Waals surface area contributed by atoms with Crippen molar-refractivity contribution in [2.75, 3.05) is 0 Å². The second-order valence-corrected chi connectivity index (χ2v) is 8.68. The summed E-state index contributed by atoms with van der Waals surface area (Å²) in [5.74, 6) is -0.423. The highest BCUT2D eigenvalue weighted by atomic mass is 32.1. The van der Waals surface area contributed by atoms with Crippen LogP contribution in [0, 0.1) is 6.92 Å². The summed E-state index contributed by atoms with van der Waals surface area (Å²) in [6, 6.07) is 21.0. The highest BCUT2D eigenvalue weighted by Gasteiger charge is 2.29. The van der Waals surface area contributed by atoms with Gasteiger partial charge in [0.15, 0.2) is 0 Å². The van der Waals surface area contributed by atoms with Gasteiger partial charge in [0.2, 0.25) is 0 Å². The molecule has 2 N–H and O–H groups in total. The predicted molar refractivity (Wildman–Crippen MR) is 123 cm³/mol. The summed E-state index contributed by atoms with van der Waals surface area (Å²) >= 11 is 1.29. The average molecular weight is 444 g/mol. The average Bonchev–Trinajstić information content (AvgIpc) is 3.46. The van der Waals surface area contributed by atoms with Crippen LogP contribution in [0.4, 0.5) is 0 Å². The molecule has 160 valence electrons. The number of benzene rings is 2. The maximum atomic E-state index is 12.9. The molecule has 2 heterocycles. The number of para-hydroxylation sites is 1. The molecule has 1 saturated carbocycles. The summed E-state index contributed by atoms with van der Waals surface area (Å²) in [5, 5.41) is 5.40. The summed E-state index contributed by atoms with van der Waals surface area (Å²) in [5.41, 5.74) is 8.70. The number of amides is 2. The van der Waals surface area contributed by atoms with E-state index in [1.54, 1.807) is 17.7 Å². The van der Waals surface area contributed by atoms with Gasteiger partial charge < -0.3 is 0 Å². The van der Waals surface area contributed by atoms with Gasteiger partial charge in [-0.3, -0.25) is 20.4 Å². The molecule has 5 rings (SSSR count). The van der Waals surface area contributed by atoms with Gasteiger partial charge in [-0.25, -0.2) is 9.67 Å². The topological polar surface area (TPSA) is 88.9 Å². The summed E-state index contributed by atoms with van der Waals surface area (Å²) < 4.78 is 1.63. The number of carbonyl (C=O) groups is 2. The van der Waals surface area contributed by atoms with Crippen LogP contribution in [0.5, 0.6) is 0 Å². The summed E-state index contributed by atoms with van der Waals surface area (Å²) in [7, 11) is 0. The Morgan fingerprint density at radius 2 is 1.62 bits per heavy atom. The van der Waals surface area contributed by atoms with Crippen molar-refractivity contribution < 1.29 is 9.59 Å². The van der Waals surface area contributed by atoms with E-state index in [-0.39, 0.29) is 0 Å². The van der Waals surface area contributed by atoms with Gasteiger partial charge in [0.05, 0.1) is 17.1 Å². The molecule has 0 atom stereocenters. The largest absolute Gasteiger partial charge is 0.288 e. The number of nitrogens with zero attached hydrogens (tertiary/aromatic N) is 3. The maximum Gasteiger partial charge on any atom is 0.288 e. The van der Waals surface area contributed by atoms with Crippen LogP contribution < -0.4 is 10.9 Å². The van der Waals surface area contributed by atoms with Gasteiger partial charge >= 0.3 is 0 Å². The molecule has 7 nitrogen and oxygen atoms in total. The molecule has 0 aliphatic heterocycles. The highest BCUT2D eigenvalue weighted by molar-refractivity contribution is 7.17. The van der Waals surface area contributed by atoms with Crippen LogP contribution in [0.2, 0.25) is 0 Å². The van der Waals surface area contributed by atoms with E-state index >= 15 is 0 Å².